The molecule has 52 valence electrons. The standard InChI is InChI=1S/C6H5ClN2O/c7-6-5(4-9-10)2-1-3-8-6/h1-4,10H. The van der Waals surface area contributed by atoms with Crippen LogP contribution in [0.4, 0.5) is 0 Å². The molecule has 0 bridgehead atoms. The smallest absolute Gasteiger partial charge is 0.137 e. The van der Waals surface area contributed by atoms with Gasteiger partial charge >= 0.3 is 0 Å². The monoisotopic (exact) mass is 156 g/mol. The molecule has 1 aromatic rings. The van der Waals surface area contributed by atoms with Gasteiger partial charge in [-0.1, -0.05) is 16.8 Å². The minimum atomic E-state index is 0.334. The minimum absolute atomic E-state index is 0.334. The molecule has 0 aliphatic rings. The largest absolute Gasteiger partial charge is 0.411 e. The van der Waals surface area contributed by atoms with Gasteiger partial charge < -0.3 is 5.21 Å². The van der Waals surface area contributed by atoms with Crippen LogP contribution in [0.15, 0.2) is 23.5 Å². The van der Waals surface area contributed by atoms with Gasteiger partial charge in [-0.05, 0) is 12.1 Å². The number of hydrogen-bond acceptors (Lipinski definition) is 3. The third-order valence-corrected chi connectivity index (χ3v) is 1.30. The second-order valence-electron chi connectivity index (χ2n) is 1.63. The average Bonchev–Trinajstić information content (AvgIpc) is 1.94. The van der Waals surface area contributed by atoms with Gasteiger partial charge in [-0.15, -0.1) is 0 Å². The molecule has 1 rings (SSSR count). The third-order valence-electron chi connectivity index (χ3n) is 0.985. The molecule has 0 radical (unpaired) electrons. The number of halogens is 1. The lowest BCUT2D eigenvalue weighted by molar-refractivity contribution is 0.322. The lowest BCUT2D eigenvalue weighted by Crippen LogP contribution is -1.84. The van der Waals surface area contributed by atoms with Gasteiger partial charge in [0.1, 0.15) is 5.15 Å². The molecule has 1 N–H and O–H groups in total. The summed E-state index contributed by atoms with van der Waals surface area (Å²) in [7, 11) is 0. The Morgan fingerprint density at radius 3 is 3.10 bits per heavy atom. The molecule has 0 amide bonds. The minimum Gasteiger partial charge on any atom is -0.411 e. The molecule has 1 aromatic heterocycles. The number of aromatic nitrogens is 1. The summed E-state index contributed by atoms with van der Waals surface area (Å²) in [6, 6.07) is 3.41. The van der Waals surface area contributed by atoms with E-state index in [4.69, 9.17) is 16.8 Å². The van der Waals surface area contributed by atoms with Crippen LogP contribution in [0.5, 0.6) is 0 Å². The molecule has 0 unspecified atom stereocenters. The van der Waals surface area contributed by atoms with E-state index < -0.39 is 0 Å². The van der Waals surface area contributed by atoms with Crippen molar-refractivity contribution >= 4 is 17.8 Å². The molecule has 0 spiro atoms. The van der Waals surface area contributed by atoms with Crippen molar-refractivity contribution in [3.63, 3.8) is 0 Å². The van der Waals surface area contributed by atoms with Crippen molar-refractivity contribution in [2.45, 2.75) is 0 Å². The van der Waals surface area contributed by atoms with Crippen LogP contribution in [0.2, 0.25) is 5.15 Å². The van der Waals surface area contributed by atoms with Gasteiger partial charge in [-0.2, -0.15) is 0 Å². The summed E-state index contributed by atoms with van der Waals surface area (Å²) in [5.41, 5.74) is 0.603. The quantitative estimate of drug-likeness (QED) is 0.290. The first-order valence-electron chi connectivity index (χ1n) is 2.62. The molecule has 4 heteroatoms. The second-order valence-corrected chi connectivity index (χ2v) is 1.99. The highest BCUT2D eigenvalue weighted by molar-refractivity contribution is 6.31. The van der Waals surface area contributed by atoms with E-state index >= 15 is 0 Å². The number of rotatable bonds is 1. The third kappa shape index (κ3) is 1.45. The molecule has 0 saturated heterocycles. The summed E-state index contributed by atoms with van der Waals surface area (Å²) < 4.78 is 0. The Morgan fingerprint density at radius 1 is 1.70 bits per heavy atom. The van der Waals surface area contributed by atoms with E-state index in [1.54, 1.807) is 18.3 Å². The topological polar surface area (TPSA) is 45.5 Å². The number of hydrogen-bond donors (Lipinski definition) is 1. The molecule has 0 aliphatic heterocycles. The van der Waals surface area contributed by atoms with Crippen molar-refractivity contribution in [2.24, 2.45) is 5.16 Å². The van der Waals surface area contributed by atoms with Gasteiger partial charge in [-0.25, -0.2) is 4.98 Å². The maximum Gasteiger partial charge on any atom is 0.137 e. The Kier molecular flexibility index (Phi) is 2.23. The van der Waals surface area contributed by atoms with Gasteiger partial charge in [0.15, 0.2) is 0 Å². The fraction of sp³-hybridized carbons (Fsp3) is 0. The average molecular weight is 157 g/mol. The van der Waals surface area contributed by atoms with Crippen molar-refractivity contribution in [3.8, 4) is 0 Å². The van der Waals surface area contributed by atoms with Crippen molar-refractivity contribution in [1.82, 2.24) is 4.98 Å². The van der Waals surface area contributed by atoms with Gasteiger partial charge in [0.2, 0.25) is 0 Å². The van der Waals surface area contributed by atoms with Crippen molar-refractivity contribution < 1.29 is 5.21 Å². The van der Waals surface area contributed by atoms with Crippen LogP contribution in [0.25, 0.3) is 0 Å². The maximum atomic E-state index is 8.13. The molecular formula is C6H5ClN2O. The van der Waals surface area contributed by atoms with E-state index in [9.17, 15) is 0 Å². The highest BCUT2D eigenvalue weighted by atomic mass is 35.5. The first-order chi connectivity index (χ1) is 4.84. The molecule has 1 heterocycles. The molecule has 3 nitrogen and oxygen atoms in total. The van der Waals surface area contributed by atoms with Crippen LogP contribution in [0.1, 0.15) is 5.56 Å². The lowest BCUT2D eigenvalue weighted by atomic mass is 10.3. The highest BCUT2D eigenvalue weighted by Crippen LogP contribution is 2.07. The van der Waals surface area contributed by atoms with Crippen molar-refractivity contribution in [1.29, 1.82) is 0 Å². The summed E-state index contributed by atoms with van der Waals surface area (Å²) in [6.07, 6.45) is 2.80. The molecule has 10 heavy (non-hydrogen) atoms. The second kappa shape index (κ2) is 3.17. The van der Waals surface area contributed by atoms with E-state index in [1.165, 1.54) is 6.21 Å². The van der Waals surface area contributed by atoms with Gasteiger partial charge in [-0.3, -0.25) is 0 Å². The molecule has 0 atom stereocenters. The Morgan fingerprint density at radius 2 is 2.50 bits per heavy atom. The molecule has 0 fully saturated rings. The molecule has 0 aromatic carbocycles. The number of pyridine rings is 1. The van der Waals surface area contributed by atoms with Gasteiger partial charge in [0.25, 0.3) is 0 Å². The van der Waals surface area contributed by atoms with Crippen LogP contribution < -0.4 is 0 Å². The Labute approximate surface area is 63.0 Å². The Bertz CT molecular complexity index is 249. The van der Waals surface area contributed by atoms with E-state index in [0.29, 0.717) is 10.7 Å². The van der Waals surface area contributed by atoms with E-state index in [2.05, 4.69) is 10.1 Å². The Hall–Kier alpha value is -1.09. The predicted molar refractivity (Wildman–Crippen MR) is 38.6 cm³/mol. The molecular weight excluding hydrogens is 152 g/mol. The Balaban J connectivity index is 3.03. The SMILES string of the molecule is ON=Cc1cccnc1Cl. The van der Waals surface area contributed by atoms with E-state index in [0.717, 1.165) is 0 Å². The van der Waals surface area contributed by atoms with Crippen LogP contribution in [-0.4, -0.2) is 16.4 Å². The summed E-state index contributed by atoms with van der Waals surface area (Å²) in [5, 5.41) is 11.3. The van der Waals surface area contributed by atoms with Crippen LogP contribution in [-0.2, 0) is 0 Å². The highest BCUT2D eigenvalue weighted by Gasteiger charge is 1.93. The van der Waals surface area contributed by atoms with Crippen LogP contribution >= 0.6 is 11.6 Å². The van der Waals surface area contributed by atoms with Gasteiger partial charge in [0.05, 0.1) is 6.21 Å². The fourth-order valence-corrected chi connectivity index (χ4v) is 0.725. The summed E-state index contributed by atoms with van der Waals surface area (Å²) in [5.74, 6) is 0. The molecule has 0 aliphatic carbocycles. The van der Waals surface area contributed by atoms with Crippen LogP contribution in [0.3, 0.4) is 0 Å². The van der Waals surface area contributed by atoms with E-state index in [-0.39, 0.29) is 0 Å². The predicted octanol–water partition coefficient (Wildman–Crippen LogP) is 1.54. The first kappa shape index (κ1) is 7.02. The zero-order valence-corrected chi connectivity index (χ0v) is 5.78. The van der Waals surface area contributed by atoms with Crippen molar-refractivity contribution in [2.75, 3.05) is 0 Å². The molecule has 0 saturated carbocycles. The normalized spacial score (nSPS) is 10.5. The van der Waals surface area contributed by atoms with Crippen LogP contribution in [0, 0.1) is 0 Å². The fourth-order valence-electron chi connectivity index (χ4n) is 0.557. The van der Waals surface area contributed by atoms with E-state index in [1.807, 2.05) is 0 Å². The lowest BCUT2D eigenvalue weighted by Gasteiger charge is -1.91. The zero-order valence-electron chi connectivity index (χ0n) is 5.03. The number of oxime groups is 1. The summed E-state index contributed by atoms with van der Waals surface area (Å²) in [6.45, 7) is 0. The van der Waals surface area contributed by atoms with Crippen molar-refractivity contribution in [3.05, 3.63) is 29.0 Å². The zero-order chi connectivity index (χ0) is 7.40. The van der Waals surface area contributed by atoms with Gasteiger partial charge in [0, 0.05) is 11.8 Å². The first-order valence-corrected chi connectivity index (χ1v) is 3.00. The maximum absolute atomic E-state index is 8.13. The summed E-state index contributed by atoms with van der Waals surface area (Å²) >= 11 is 5.59. The number of nitrogens with zero attached hydrogens (tertiary/aromatic N) is 2. The summed E-state index contributed by atoms with van der Waals surface area (Å²) in [4.78, 5) is 3.76.